The summed E-state index contributed by atoms with van der Waals surface area (Å²) in [6.07, 6.45) is 4.03. The normalized spacial score (nSPS) is 14.2. The van der Waals surface area contributed by atoms with Crippen LogP contribution in [0.5, 0.6) is 0 Å². The molecular weight excluding hydrogens is 463 g/mol. The molecule has 0 amide bonds. The Morgan fingerprint density at radius 1 is 1.15 bits per heavy atom. The number of pyridine rings is 1. The van der Waals surface area contributed by atoms with Crippen molar-refractivity contribution in [2.75, 3.05) is 6.54 Å². The highest BCUT2D eigenvalue weighted by atomic mass is 35.5. The first-order chi connectivity index (χ1) is 16.1. The summed E-state index contributed by atoms with van der Waals surface area (Å²) in [7, 11) is 0. The second-order valence-corrected chi connectivity index (χ2v) is 9.59. The third kappa shape index (κ3) is 3.52. The maximum absolute atomic E-state index is 14.6. The fourth-order valence-corrected chi connectivity index (χ4v) is 5.97. The van der Waals surface area contributed by atoms with Gasteiger partial charge in [0, 0.05) is 41.3 Å². The number of aromatic nitrogens is 5. The van der Waals surface area contributed by atoms with E-state index in [1.54, 1.807) is 34.2 Å². The van der Waals surface area contributed by atoms with Gasteiger partial charge in [0.25, 0.3) is 0 Å². The van der Waals surface area contributed by atoms with Gasteiger partial charge in [0.15, 0.2) is 5.65 Å². The number of thiophene rings is 1. The first kappa shape index (κ1) is 20.5. The van der Waals surface area contributed by atoms with E-state index in [0.717, 1.165) is 42.0 Å². The lowest BCUT2D eigenvalue weighted by Gasteiger charge is -2.26. The molecule has 33 heavy (non-hydrogen) atoms. The van der Waals surface area contributed by atoms with Crippen molar-refractivity contribution < 1.29 is 4.39 Å². The predicted octanol–water partition coefficient (Wildman–Crippen LogP) is 3.90. The second-order valence-electron chi connectivity index (χ2n) is 8.07. The van der Waals surface area contributed by atoms with Gasteiger partial charge in [-0.15, -0.1) is 11.3 Å². The quantitative estimate of drug-likeness (QED) is 0.390. The minimum Gasteiger partial charge on any atom is -0.292 e. The molecule has 0 bridgehead atoms. The van der Waals surface area contributed by atoms with Gasteiger partial charge in [-0.3, -0.25) is 14.5 Å². The molecule has 0 atom stereocenters. The Labute approximate surface area is 196 Å². The van der Waals surface area contributed by atoms with Crippen LogP contribution in [0.1, 0.15) is 21.7 Å². The first-order valence-electron chi connectivity index (χ1n) is 10.5. The van der Waals surface area contributed by atoms with Gasteiger partial charge in [-0.2, -0.15) is 9.61 Å². The molecule has 6 rings (SSSR count). The predicted molar refractivity (Wildman–Crippen MR) is 125 cm³/mol. The van der Waals surface area contributed by atoms with Gasteiger partial charge in [-0.1, -0.05) is 23.7 Å². The Kier molecular flexibility index (Phi) is 4.97. The molecule has 0 radical (unpaired) electrons. The first-order valence-corrected chi connectivity index (χ1v) is 11.7. The average Bonchev–Trinajstić information content (AvgIpc) is 3.43. The molecule has 5 aromatic rings. The largest absolute Gasteiger partial charge is 0.352 e. The van der Waals surface area contributed by atoms with E-state index in [9.17, 15) is 9.18 Å². The van der Waals surface area contributed by atoms with E-state index in [1.165, 1.54) is 27.3 Å². The van der Waals surface area contributed by atoms with Crippen molar-refractivity contribution in [1.29, 1.82) is 0 Å². The van der Waals surface area contributed by atoms with Gasteiger partial charge in [0.2, 0.25) is 0 Å². The molecular formula is C23H18ClFN6OS. The molecule has 1 aliphatic rings. The van der Waals surface area contributed by atoms with Gasteiger partial charge < -0.3 is 0 Å². The minimum absolute atomic E-state index is 0.0885. The summed E-state index contributed by atoms with van der Waals surface area (Å²) in [5, 5.41) is 5.40. The van der Waals surface area contributed by atoms with E-state index in [1.807, 2.05) is 18.2 Å². The van der Waals surface area contributed by atoms with Crippen molar-refractivity contribution in [2.45, 2.75) is 26.1 Å². The molecule has 4 aromatic heterocycles. The van der Waals surface area contributed by atoms with Crippen LogP contribution in [0.15, 0.2) is 53.7 Å². The number of hydrogen-bond donors (Lipinski definition) is 0. The fraction of sp³-hybridized carbons (Fsp3) is 0.217. The highest BCUT2D eigenvalue weighted by Crippen LogP contribution is 2.37. The highest BCUT2D eigenvalue weighted by Gasteiger charge is 2.26. The molecule has 0 spiro atoms. The number of rotatable bonds is 4. The van der Waals surface area contributed by atoms with Crippen LogP contribution in [0.4, 0.5) is 4.39 Å². The van der Waals surface area contributed by atoms with E-state index in [0.29, 0.717) is 16.2 Å². The molecule has 10 heteroatoms. The van der Waals surface area contributed by atoms with Crippen molar-refractivity contribution in [3.63, 3.8) is 0 Å². The van der Waals surface area contributed by atoms with Crippen LogP contribution in [-0.4, -0.2) is 35.6 Å². The molecule has 0 unspecified atom stereocenters. The second kappa shape index (κ2) is 8.02. The van der Waals surface area contributed by atoms with Crippen LogP contribution >= 0.6 is 22.9 Å². The smallest absolute Gasteiger partial charge is 0.292 e. The molecule has 0 saturated heterocycles. The number of halogens is 2. The highest BCUT2D eigenvalue weighted by molar-refractivity contribution is 7.19. The summed E-state index contributed by atoms with van der Waals surface area (Å²) in [5.74, 6) is -0.441. The third-order valence-electron chi connectivity index (χ3n) is 6.00. The zero-order valence-corrected chi connectivity index (χ0v) is 19.0. The summed E-state index contributed by atoms with van der Waals surface area (Å²) < 4.78 is 17.5. The average molecular weight is 481 g/mol. The van der Waals surface area contributed by atoms with Crippen molar-refractivity contribution in [1.82, 2.24) is 29.0 Å². The van der Waals surface area contributed by atoms with Gasteiger partial charge in [0.05, 0.1) is 17.6 Å². The standard InChI is InChI=1S/C23H18ClFN6OS/c24-15-5-4-14(18(25)9-15)10-30-22-20(21-27-13-28-31(21)23(30)32)17-6-8-29(12-19(17)33-22)11-16-3-1-2-7-26-16/h1-5,7,9,13H,6,8,10-12H2. The SMILES string of the molecule is O=c1n(Cc2ccc(Cl)cc2F)c2sc3c(c2c2ncnn12)CCN(Cc1ccccn1)C3. The maximum Gasteiger partial charge on any atom is 0.352 e. The zero-order chi connectivity index (χ0) is 22.5. The Hall–Kier alpha value is -3.14. The Morgan fingerprint density at radius 2 is 2.06 bits per heavy atom. The molecule has 0 saturated carbocycles. The Morgan fingerprint density at radius 3 is 2.88 bits per heavy atom. The molecule has 0 fully saturated rings. The van der Waals surface area contributed by atoms with Gasteiger partial charge >= 0.3 is 5.69 Å². The summed E-state index contributed by atoms with van der Waals surface area (Å²) in [4.78, 5) is 26.4. The van der Waals surface area contributed by atoms with Crippen LogP contribution in [-0.2, 0) is 26.1 Å². The topological polar surface area (TPSA) is 68.3 Å². The lowest BCUT2D eigenvalue weighted by Crippen LogP contribution is -2.30. The van der Waals surface area contributed by atoms with Crippen LogP contribution in [0.2, 0.25) is 5.02 Å². The number of nitrogens with zero attached hydrogens (tertiary/aromatic N) is 6. The molecule has 0 aliphatic carbocycles. The fourth-order valence-electron chi connectivity index (χ4n) is 4.43. The summed E-state index contributed by atoms with van der Waals surface area (Å²) in [5.41, 5.74) is 2.82. The molecule has 1 aromatic carbocycles. The van der Waals surface area contributed by atoms with E-state index >= 15 is 0 Å². The van der Waals surface area contributed by atoms with Crippen LogP contribution in [0.3, 0.4) is 0 Å². The van der Waals surface area contributed by atoms with Crippen molar-refractivity contribution in [3.8, 4) is 0 Å². The van der Waals surface area contributed by atoms with Crippen molar-refractivity contribution in [2.24, 2.45) is 0 Å². The molecule has 1 aliphatic heterocycles. The number of fused-ring (bicyclic) bond motifs is 5. The van der Waals surface area contributed by atoms with Gasteiger partial charge in [-0.05, 0) is 36.2 Å². The summed E-state index contributed by atoms with van der Waals surface area (Å²) in [6, 6.07) is 10.4. The van der Waals surface area contributed by atoms with Crippen LogP contribution in [0.25, 0.3) is 15.9 Å². The Balaban J connectivity index is 1.46. The van der Waals surface area contributed by atoms with Crippen molar-refractivity contribution in [3.05, 3.63) is 91.9 Å². The molecule has 166 valence electrons. The van der Waals surface area contributed by atoms with Crippen molar-refractivity contribution >= 4 is 38.8 Å². The summed E-state index contributed by atoms with van der Waals surface area (Å²) in [6.45, 7) is 2.48. The van der Waals surface area contributed by atoms with E-state index < -0.39 is 5.82 Å². The van der Waals surface area contributed by atoms with Gasteiger partial charge in [0.1, 0.15) is 17.0 Å². The molecule has 7 nitrogen and oxygen atoms in total. The lowest BCUT2D eigenvalue weighted by atomic mass is 10.0. The number of hydrogen-bond acceptors (Lipinski definition) is 6. The third-order valence-corrected chi connectivity index (χ3v) is 7.48. The maximum atomic E-state index is 14.6. The lowest BCUT2D eigenvalue weighted by molar-refractivity contribution is 0.246. The zero-order valence-electron chi connectivity index (χ0n) is 17.4. The minimum atomic E-state index is -0.441. The van der Waals surface area contributed by atoms with E-state index in [2.05, 4.69) is 20.0 Å². The van der Waals surface area contributed by atoms with E-state index in [-0.39, 0.29) is 12.2 Å². The van der Waals surface area contributed by atoms with E-state index in [4.69, 9.17) is 11.6 Å². The van der Waals surface area contributed by atoms with Gasteiger partial charge in [-0.25, -0.2) is 14.2 Å². The Bertz CT molecular complexity index is 1560. The number of benzene rings is 1. The van der Waals surface area contributed by atoms with Crippen LogP contribution < -0.4 is 5.69 Å². The monoisotopic (exact) mass is 480 g/mol. The summed E-state index contributed by atoms with van der Waals surface area (Å²) >= 11 is 7.48. The molecule has 5 heterocycles. The van der Waals surface area contributed by atoms with Crippen LogP contribution in [0, 0.1) is 5.82 Å². The molecule has 0 N–H and O–H groups in total.